The molecule has 0 fully saturated rings. The maximum Gasteiger partial charge on any atom is 0.0880 e. The summed E-state index contributed by atoms with van der Waals surface area (Å²) in [5, 5.41) is 0. The molecule has 0 saturated heterocycles. The van der Waals surface area contributed by atoms with E-state index in [1.54, 1.807) is 12.4 Å². The molecule has 0 spiro atoms. The van der Waals surface area contributed by atoms with Crippen LogP contribution in [0.25, 0.3) is 11.0 Å². The average Bonchev–Trinajstić information content (AvgIpc) is 2.30. The summed E-state index contributed by atoms with van der Waals surface area (Å²) in [7, 11) is 1.92. The lowest BCUT2D eigenvalue weighted by Gasteiger charge is -1.91. The topological polar surface area (TPSA) is 17.8 Å². The Morgan fingerprint density at radius 1 is 1.70 bits per heavy atom. The summed E-state index contributed by atoms with van der Waals surface area (Å²) in [6.45, 7) is 0. The molecule has 2 aromatic rings. The molecule has 0 aliphatic rings. The van der Waals surface area contributed by atoms with Crippen molar-refractivity contribution in [3.63, 3.8) is 0 Å². The van der Waals surface area contributed by atoms with Gasteiger partial charge < -0.3 is 4.57 Å². The lowest BCUT2D eigenvalue weighted by molar-refractivity contribution is 0.968. The van der Waals surface area contributed by atoms with Gasteiger partial charge >= 0.3 is 0 Å². The normalized spacial score (nSPS) is 11.9. The summed E-state index contributed by atoms with van der Waals surface area (Å²) in [6, 6.07) is 4.32. The highest BCUT2D eigenvalue weighted by Gasteiger charge is 1.93. The Hall–Kier alpha value is -1.31. The van der Waals surface area contributed by atoms with E-state index in [1.807, 2.05) is 23.7 Å². The van der Waals surface area contributed by atoms with E-state index in [-0.39, 0.29) is 0 Å². The smallest absolute Gasteiger partial charge is 0.0880 e. The molecule has 10 heavy (non-hydrogen) atoms. The average molecular weight is 133 g/mol. The van der Waals surface area contributed by atoms with Gasteiger partial charge in [-0.15, -0.1) is 0 Å². The van der Waals surface area contributed by atoms with Gasteiger partial charge in [0.05, 0.1) is 12.4 Å². The van der Waals surface area contributed by atoms with Crippen molar-refractivity contribution in [2.45, 2.75) is 0 Å². The predicted octanol–water partition coefficient (Wildman–Crippen LogP) is 1.57. The highest BCUT2D eigenvalue weighted by molar-refractivity contribution is 5.74. The molecular formula is C8H8N2. The van der Waals surface area contributed by atoms with Crippen molar-refractivity contribution in [2.75, 3.05) is 0 Å². The highest BCUT2D eigenvalue weighted by Crippen LogP contribution is 2.09. The molecule has 50 valence electrons. The van der Waals surface area contributed by atoms with Crippen molar-refractivity contribution < 1.29 is 1.37 Å². The molecule has 2 heteroatoms. The van der Waals surface area contributed by atoms with Crippen LogP contribution in [0.2, 0.25) is 0 Å². The summed E-state index contributed by atoms with van der Waals surface area (Å²) in [4.78, 5) is 4.09. The summed E-state index contributed by atoms with van der Waals surface area (Å²) in [5.74, 6) is 0. The number of aromatic nitrogens is 2. The molecule has 0 saturated carbocycles. The van der Waals surface area contributed by atoms with Crippen molar-refractivity contribution in [2.24, 2.45) is 7.05 Å². The number of hydrogen-bond donors (Lipinski definition) is 0. The van der Waals surface area contributed by atoms with Gasteiger partial charge in [-0.2, -0.15) is 0 Å². The minimum absolute atomic E-state index is 0.489. The number of pyridine rings is 1. The van der Waals surface area contributed by atoms with E-state index in [9.17, 15) is 0 Å². The molecule has 0 N–H and O–H groups in total. The van der Waals surface area contributed by atoms with Crippen LogP contribution in [0, 0.1) is 0 Å². The van der Waals surface area contributed by atoms with Gasteiger partial charge in [0, 0.05) is 19.4 Å². The van der Waals surface area contributed by atoms with Crippen LogP contribution in [0.5, 0.6) is 0 Å². The number of hydrogen-bond acceptors (Lipinski definition) is 1. The molecule has 2 rings (SSSR count). The van der Waals surface area contributed by atoms with E-state index in [0.29, 0.717) is 6.04 Å². The van der Waals surface area contributed by atoms with Gasteiger partial charge in [-0.1, -0.05) is 0 Å². The molecule has 0 aliphatic heterocycles. The second-order valence-electron chi connectivity index (χ2n) is 2.26. The van der Waals surface area contributed by atoms with Crippen molar-refractivity contribution in [3.8, 4) is 0 Å². The zero-order valence-corrected chi connectivity index (χ0v) is 5.70. The maximum absolute atomic E-state index is 7.50. The van der Waals surface area contributed by atoms with E-state index in [4.69, 9.17) is 1.37 Å². The van der Waals surface area contributed by atoms with Crippen molar-refractivity contribution in [1.82, 2.24) is 9.55 Å². The molecule has 0 bridgehead atoms. The summed E-state index contributed by atoms with van der Waals surface area (Å²) in [6.07, 6.45) is 3.47. The fraction of sp³-hybridized carbons (Fsp3) is 0.125. The second kappa shape index (κ2) is 1.84. The van der Waals surface area contributed by atoms with Crippen LogP contribution < -0.4 is 0 Å². The standard InChI is InChI=1S/C8H8N2/c1-10-6-4-7-8(10)3-2-5-9-7/h2-6H,1H3/i4D. The van der Waals surface area contributed by atoms with Crippen LogP contribution in [-0.2, 0) is 7.05 Å². The lowest BCUT2D eigenvalue weighted by Crippen LogP contribution is -1.82. The van der Waals surface area contributed by atoms with E-state index in [2.05, 4.69) is 4.98 Å². The second-order valence-corrected chi connectivity index (χ2v) is 2.26. The minimum atomic E-state index is 0.489. The zero-order chi connectivity index (χ0) is 7.84. The predicted molar refractivity (Wildman–Crippen MR) is 40.7 cm³/mol. The van der Waals surface area contributed by atoms with Gasteiger partial charge in [0.25, 0.3) is 0 Å². The highest BCUT2D eigenvalue weighted by atomic mass is 14.9. The molecule has 0 radical (unpaired) electrons. The third kappa shape index (κ3) is 0.620. The first kappa shape index (κ1) is 4.50. The third-order valence-electron chi connectivity index (χ3n) is 1.56. The monoisotopic (exact) mass is 133 g/mol. The molecule has 2 heterocycles. The summed E-state index contributed by atoms with van der Waals surface area (Å²) >= 11 is 0. The van der Waals surface area contributed by atoms with Crippen LogP contribution in [0.4, 0.5) is 0 Å². The van der Waals surface area contributed by atoms with Crippen molar-refractivity contribution in [1.29, 1.82) is 0 Å². The van der Waals surface area contributed by atoms with Crippen LogP contribution in [0.3, 0.4) is 0 Å². The molecule has 0 aromatic carbocycles. The Morgan fingerprint density at radius 3 is 3.40 bits per heavy atom. The van der Waals surface area contributed by atoms with Crippen LogP contribution in [-0.4, -0.2) is 9.55 Å². The number of fused-ring (bicyclic) bond motifs is 1. The van der Waals surface area contributed by atoms with E-state index < -0.39 is 0 Å². The Kier molecular flexibility index (Phi) is 0.826. The van der Waals surface area contributed by atoms with Gasteiger partial charge in [-0.3, -0.25) is 4.98 Å². The van der Waals surface area contributed by atoms with Crippen LogP contribution >= 0.6 is 0 Å². The quantitative estimate of drug-likeness (QED) is 0.533. The molecule has 0 atom stereocenters. The first-order valence-corrected chi connectivity index (χ1v) is 3.15. The van der Waals surface area contributed by atoms with E-state index >= 15 is 0 Å². The first-order valence-electron chi connectivity index (χ1n) is 3.65. The van der Waals surface area contributed by atoms with Crippen LogP contribution in [0.1, 0.15) is 1.37 Å². The van der Waals surface area contributed by atoms with Gasteiger partial charge in [-0.05, 0) is 18.2 Å². The molecule has 2 nitrogen and oxygen atoms in total. The molecular weight excluding hydrogens is 124 g/mol. The van der Waals surface area contributed by atoms with Gasteiger partial charge in [0.2, 0.25) is 0 Å². The minimum Gasteiger partial charge on any atom is -0.349 e. The molecule has 0 amide bonds. The van der Waals surface area contributed by atoms with Crippen molar-refractivity contribution >= 4 is 11.0 Å². The molecule has 0 aliphatic carbocycles. The van der Waals surface area contributed by atoms with Crippen molar-refractivity contribution in [3.05, 3.63) is 30.6 Å². The summed E-state index contributed by atoms with van der Waals surface area (Å²) < 4.78 is 9.41. The maximum atomic E-state index is 7.50. The zero-order valence-electron chi connectivity index (χ0n) is 6.70. The van der Waals surface area contributed by atoms with Gasteiger partial charge in [0.1, 0.15) is 0 Å². The SMILES string of the molecule is [2H]c1cn(C)c2cccnc12. The molecule has 2 aromatic heterocycles. The molecule has 0 unspecified atom stereocenters. The summed E-state index contributed by atoms with van der Waals surface area (Å²) in [5.41, 5.74) is 1.78. The Balaban J connectivity index is 2.95. The fourth-order valence-corrected chi connectivity index (χ4v) is 1.02. The number of aryl methyl sites for hydroxylation is 1. The lowest BCUT2D eigenvalue weighted by atomic mass is 10.4. The third-order valence-corrected chi connectivity index (χ3v) is 1.56. The van der Waals surface area contributed by atoms with E-state index in [0.717, 1.165) is 11.0 Å². The number of rotatable bonds is 0. The Morgan fingerprint density at radius 2 is 2.60 bits per heavy atom. The van der Waals surface area contributed by atoms with Gasteiger partial charge in [0.15, 0.2) is 0 Å². The Labute approximate surface area is 60.5 Å². The first-order chi connectivity index (χ1) is 5.29. The largest absolute Gasteiger partial charge is 0.349 e. The Bertz CT molecular complexity index is 356. The fourth-order valence-electron chi connectivity index (χ4n) is 1.02. The van der Waals surface area contributed by atoms with Crippen LogP contribution in [0.15, 0.2) is 30.6 Å². The number of nitrogens with zero attached hydrogens (tertiary/aromatic N) is 2. The van der Waals surface area contributed by atoms with E-state index in [1.165, 1.54) is 0 Å². The van der Waals surface area contributed by atoms with Gasteiger partial charge in [-0.25, -0.2) is 0 Å².